The zero-order chi connectivity index (χ0) is 13.2. The molecule has 4 aliphatic rings. The summed E-state index contributed by atoms with van der Waals surface area (Å²) < 4.78 is 39.8. The van der Waals surface area contributed by atoms with Crippen molar-refractivity contribution in [3.8, 4) is 0 Å². The van der Waals surface area contributed by atoms with E-state index < -0.39 is 22.3 Å². The summed E-state index contributed by atoms with van der Waals surface area (Å²) in [6.07, 6.45) is -2.70. The van der Waals surface area contributed by atoms with Crippen molar-refractivity contribution in [3.05, 3.63) is 10.1 Å². The van der Waals surface area contributed by atoms with Crippen LogP contribution in [0.25, 0.3) is 0 Å². The lowest BCUT2D eigenvalue weighted by Crippen LogP contribution is -2.61. The number of hydrogen-bond acceptors (Lipinski definition) is 3. The first kappa shape index (κ1) is 12.0. The smallest absolute Gasteiger partial charge is 0.307 e. The molecule has 0 heterocycles. The van der Waals surface area contributed by atoms with Gasteiger partial charge in [-0.3, -0.25) is 0 Å². The largest absolute Gasteiger partial charge is 0.394 e. The zero-order valence-electron chi connectivity index (χ0n) is 9.70. The summed E-state index contributed by atoms with van der Waals surface area (Å²) in [5, 5.41) is 9.62. The number of alkyl halides is 3. The molecule has 0 aromatic heterocycles. The molecule has 4 saturated carbocycles. The van der Waals surface area contributed by atoms with E-state index in [1.807, 2.05) is 0 Å². The number of halogens is 3. The Morgan fingerprint density at radius 3 is 2.17 bits per heavy atom. The van der Waals surface area contributed by atoms with Gasteiger partial charge in [-0.05, 0) is 50.4 Å². The van der Waals surface area contributed by atoms with E-state index in [4.69, 9.17) is 4.84 Å². The van der Waals surface area contributed by atoms with E-state index in [1.54, 1.807) is 0 Å². The molecule has 102 valence electrons. The molecule has 4 fully saturated rings. The molecule has 0 amide bonds. The molecule has 0 aromatic rings. The molecule has 4 bridgehead atoms. The lowest BCUT2D eigenvalue weighted by atomic mass is 9.47. The second kappa shape index (κ2) is 3.30. The molecule has 2 unspecified atom stereocenters. The summed E-state index contributed by atoms with van der Waals surface area (Å²) in [5.74, 6) is -0.152. The Morgan fingerprint density at radius 1 is 1.17 bits per heavy atom. The van der Waals surface area contributed by atoms with E-state index in [9.17, 15) is 23.3 Å². The van der Waals surface area contributed by atoms with Crippen molar-refractivity contribution in [1.82, 2.24) is 0 Å². The van der Waals surface area contributed by atoms with Crippen LogP contribution in [0.15, 0.2) is 0 Å². The molecule has 4 aliphatic carbocycles. The third kappa shape index (κ3) is 1.59. The van der Waals surface area contributed by atoms with Gasteiger partial charge in [0, 0.05) is 0 Å². The highest BCUT2D eigenvalue weighted by molar-refractivity contribution is 5.11. The minimum absolute atomic E-state index is 0.0761. The maximum absolute atomic E-state index is 13.3. The van der Waals surface area contributed by atoms with Gasteiger partial charge in [0.05, 0.1) is 5.41 Å². The summed E-state index contributed by atoms with van der Waals surface area (Å²) in [6, 6.07) is 0. The topological polar surface area (TPSA) is 52.4 Å². The van der Waals surface area contributed by atoms with Crippen molar-refractivity contribution < 1.29 is 23.1 Å². The highest BCUT2D eigenvalue weighted by atomic mass is 19.4. The zero-order valence-corrected chi connectivity index (χ0v) is 9.70. The molecular formula is C11H14F3NO3. The van der Waals surface area contributed by atoms with E-state index >= 15 is 0 Å². The third-order valence-corrected chi connectivity index (χ3v) is 4.88. The van der Waals surface area contributed by atoms with Crippen molar-refractivity contribution >= 4 is 0 Å². The number of rotatable bonds is 2. The molecule has 0 spiro atoms. The molecule has 4 rings (SSSR count). The second-order valence-electron chi connectivity index (χ2n) is 6.24. The lowest BCUT2D eigenvalue weighted by molar-refractivity contribution is -0.786. The Kier molecular flexibility index (Phi) is 2.21. The first-order valence-electron chi connectivity index (χ1n) is 6.14. The van der Waals surface area contributed by atoms with Gasteiger partial charge in [-0.2, -0.15) is 13.2 Å². The molecule has 4 nitrogen and oxygen atoms in total. The molecule has 7 heteroatoms. The van der Waals surface area contributed by atoms with Gasteiger partial charge < -0.3 is 4.84 Å². The summed E-state index contributed by atoms with van der Waals surface area (Å²) in [4.78, 5) is 15.2. The van der Waals surface area contributed by atoms with Gasteiger partial charge >= 0.3 is 6.18 Å². The predicted molar refractivity (Wildman–Crippen MR) is 54.0 cm³/mol. The lowest BCUT2D eigenvalue weighted by Gasteiger charge is -2.60. The van der Waals surface area contributed by atoms with Gasteiger partial charge in [0.1, 0.15) is 5.60 Å². The van der Waals surface area contributed by atoms with Crippen LogP contribution in [-0.4, -0.2) is 16.9 Å². The fourth-order valence-electron chi connectivity index (χ4n) is 4.78. The van der Waals surface area contributed by atoms with Crippen LogP contribution in [0.2, 0.25) is 0 Å². The fourth-order valence-corrected chi connectivity index (χ4v) is 4.78. The van der Waals surface area contributed by atoms with Gasteiger partial charge in [0.15, 0.2) is 0 Å². The first-order chi connectivity index (χ1) is 8.24. The first-order valence-corrected chi connectivity index (χ1v) is 6.14. The van der Waals surface area contributed by atoms with E-state index in [0.29, 0.717) is 12.8 Å². The van der Waals surface area contributed by atoms with Gasteiger partial charge in [-0.25, -0.2) is 0 Å². The van der Waals surface area contributed by atoms with Crippen LogP contribution < -0.4 is 0 Å². The minimum Gasteiger partial charge on any atom is -0.307 e. The molecule has 18 heavy (non-hydrogen) atoms. The van der Waals surface area contributed by atoms with Crippen LogP contribution in [0.4, 0.5) is 13.2 Å². The Labute approximate surface area is 102 Å². The summed E-state index contributed by atoms with van der Waals surface area (Å²) in [5.41, 5.74) is -2.92. The van der Waals surface area contributed by atoms with Crippen LogP contribution in [-0.2, 0) is 4.84 Å². The molecule has 0 radical (unpaired) electrons. The van der Waals surface area contributed by atoms with Gasteiger partial charge in [0.2, 0.25) is 0 Å². The highest BCUT2D eigenvalue weighted by Crippen LogP contribution is 2.67. The van der Waals surface area contributed by atoms with Crippen molar-refractivity contribution in [2.45, 2.75) is 50.3 Å². The Bertz CT molecular complexity index is 381. The Balaban J connectivity index is 1.95. The van der Waals surface area contributed by atoms with Crippen molar-refractivity contribution in [1.29, 1.82) is 0 Å². The average Bonchev–Trinajstić information content (AvgIpc) is 2.10. The summed E-state index contributed by atoms with van der Waals surface area (Å²) in [7, 11) is 0. The van der Waals surface area contributed by atoms with Crippen LogP contribution in [0.3, 0.4) is 0 Å². The fraction of sp³-hybridized carbons (Fsp3) is 1.00. The van der Waals surface area contributed by atoms with Gasteiger partial charge in [0.25, 0.3) is 5.09 Å². The summed E-state index contributed by atoms with van der Waals surface area (Å²) >= 11 is 0. The average molecular weight is 265 g/mol. The van der Waals surface area contributed by atoms with Gasteiger partial charge in [-0.15, -0.1) is 10.1 Å². The third-order valence-electron chi connectivity index (χ3n) is 4.88. The van der Waals surface area contributed by atoms with E-state index in [0.717, 1.165) is 6.42 Å². The van der Waals surface area contributed by atoms with Crippen LogP contribution in [0, 0.1) is 27.4 Å². The second-order valence-corrected chi connectivity index (χ2v) is 6.24. The maximum atomic E-state index is 13.3. The normalized spacial score (nSPS) is 46.2. The number of hydrogen-bond donors (Lipinski definition) is 0. The SMILES string of the molecule is O=[N+]([O-])OC12CC3CC(C1)CC(C(F)(F)F)(C3)C2. The molecule has 2 atom stereocenters. The van der Waals surface area contributed by atoms with Crippen molar-refractivity contribution in [3.63, 3.8) is 0 Å². The summed E-state index contributed by atoms with van der Waals surface area (Å²) in [6.45, 7) is 0. The Hall–Kier alpha value is -1.01. The van der Waals surface area contributed by atoms with Crippen LogP contribution in [0.1, 0.15) is 38.5 Å². The Morgan fingerprint density at radius 2 is 1.72 bits per heavy atom. The number of nitrogens with zero attached hydrogens (tertiary/aromatic N) is 1. The van der Waals surface area contributed by atoms with Crippen molar-refractivity contribution in [2.24, 2.45) is 17.3 Å². The van der Waals surface area contributed by atoms with Gasteiger partial charge in [-0.1, -0.05) is 0 Å². The quantitative estimate of drug-likeness (QED) is 0.569. The molecule has 0 N–H and O–H groups in total. The van der Waals surface area contributed by atoms with Crippen LogP contribution >= 0.6 is 0 Å². The van der Waals surface area contributed by atoms with Crippen molar-refractivity contribution in [2.75, 3.05) is 0 Å². The molecule has 0 aliphatic heterocycles. The minimum atomic E-state index is -4.28. The van der Waals surface area contributed by atoms with E-state index in [1.165, 1.54) is 0 Å². The molecule has 0 saturated heterocycles. The predicted octanol–water partition coefficient (Wildman–Crippen LogP) is 3.10. The standard InChI is InChI=1S/C11H14F3NO3/c12-11(13,14)9-2-7-1-8(3-9)5-10(4-7,6-9)18-15(16)17/h7-8H,1-6H2. The highest BCUT2D eigenvalue weighted by Gasteiger charge is 2.68. The monoisotopic (exact) mass is 265 g/mol. The maximum Gasteiger partial charge on any atom is 0.394 e. The molecule has 0 aromatic carbocycles. The van der Waals surface area contributed by atoms with E-state index in [-0.39, 0.29) is 31.1 Å². The molecular weight excluding hydrogens is 251 g/mol. The van der Waals surface area contributed by atoms with E-state index in [2.05, 4.69) is 0 Å². The van der Waals surface area contributed by atoms with Crippen LogP contribution in [0.5, 0.6) is 0 Å².